The number of rotatable bonds is 3. The van der Waals surface area contributed by atoms with E-state index in [4.69, 9.17) is 5.14 Å². The van der Waals surface area contributed by atoms with Crippen molar-refractivity contribution in [3.05, 3.63) is 41.1 Å². The van der Waals surface area contributed by atoms with Gasteiger partial charge < -0.3 is 0 Å². The molecule has 1 amide bonds. The molecule has 0 unspecified atom stereocenters. The number of aryl methyl sites for hydroxylation is 1. The second-order valence-corrected chi connectivity index (χ2v) is 6.78. The molecule has 2 aromatic rings. The summed E-state index contributed by atoms with van der Waals surface area (Å²) in [6.07, 6.45) is 0. The first-order chi connectivity index (χ1) is 9.68. The van der Waals surface area contributed by atoms with Crippen LogP contribution in [0.1, 0.15) is 16.1 Å². The molecule has 1 heterocycles. The molecule has 3 N–H and O–H groups in total. The lowest BCUT2D eigenvalue weighted by atomic mass is 10.2. The van der Waals surface area contributed by atoms with E-state index in [0.717, 1.165) is 18.2 Å². The Morgan fingerprint density at radius 3 is 2.52 bits per heavy atom. The fraction of sp³-hybridized carbons (Fsp3) is 0.0909. The number of halogens is 2. The normalized spacial score (nSPS) is 11.4. The van der Waals surface area contributed by atoms with Crippen LogP contribution in [0, 0.1) is 18.6 Å². The Kier molecular flexibility index (Phi) is 4.03. The van der Waals surface area contributed by atoms with Crippen molar-refractivity contribution >= 4 is 32.4 Å². The van der Waals surface area contributed by atoms with Crippen LogP contribution < -0.4 is 10.5 Å². The molecule has 2 rings (SSSR count). The summed E-state index contributed by atoms with van der Waals surface area (Å²) in [7, 11) is -3.93. The van der Waals surface area contributed by atoms with Gasteiger partial charge in [0.15, 0.2) is 21.0 Å². The quantitative estimate of drug-likeness (QED) is 0.891. The lowest BCUT2D eigenvalue weighted by molar-refractivity contribution is 0.102. The minimum Gasteiger partial charge on any atom is -0.298 e. The molecule has 10 heteroatoms. The smallest absolute Gasteiger partial charge is 0.257 e. The van der Waals surface area contributed by atoms with Crippen LogP contribution in [-0.2, 0) is 10.0 Å². The second-order valence-electron chi connectivity index (χ2n) is 4.02. The van der Waals surface area contributed by atoms with Gasteiger partial charge in [-0.15, -0.1) is 0 Å². The molecular weight excluding hydrogens is 324 g/mol. The Labute approximate surface area is 122 Å². The fourth-order valence-electron chi connectivity index (χ4n) is 1.51. The minimum absolute atomic E-state index is 0.00809. The van der Waals surface area contributed by atoms with Crippen LogP contribution in [0.4, 0.5) is 13.9 Å². The largest absolute Gasteiger partial charge is 0.298 e. The molecule has 0 bridgehead atoms. The molecule has 21 heavy (non-hydrogen) atoms. The molecule has 1 aromatic heterocycles. The third-order valence-electron chi connectivity index (χ3n) is 2.41. The average Bonchev–Trinajstić information content (AvgIpc) is 2.73. The van der Waals surface area contributed by atoms with E-state index in [9.17, 15) is 22.0 Å². The number of nitrogens with two attached hydrogens (primary N) is 1. The maximum atomic E-state index is 13.0. The maximum Gasteiger partial charge on any atom is 0.257 e. The zero-order valence-electron chi connectivity index (χ0n) is 10.6. The molecule has 1 aromatic carbocycles. The van der Waals surface area contributed by atoms with Gasteiger partial charge in [-0.3, -0.25) is 10.1 Å². The number of aromatic nitrogens is 1. The Morgan fingerprint density at radius 1 is 1.33 bits per heavy atom. The number of primary sulfonamides is 1. The van der Waals surface area contributed by atoms with Crippen molar-refractivity contribution in [3.63, 3.8) is 0 Å². The van der Waals surface area contributed by atoms with E-state index in [1.54, 1.807) is 0 Å². The Morgan fingerprint density at radius 2 is 2.00 bits per heavy atom. The summed E-state index contributed by atoms with van der Waals surface area (Å²) in [5.74, 6) is -2.99. The van der Waals surface area contributed by atoms with Gasteiger partial charge in [-0.2, -0.15) is 0 Å². The van der Waals surface area contributed by atoms with Gasteiger partial charge >= 0.3 is 0 Å². The van der Waals surface area contributed by atoms with Gasteiger partial charge in [-0.05, 0) is 25.1 Å². The number of carbonyl (C=O) groups is 1. The molecule has 0 saturated carbocycles. The van der Waals surface area contributed by atoms with Gasteiger partial charge in [0.2, 0.25) is 10.0 Å². The molecule has 0 aliphatic carbocycles. The number of thiazole rings is 1. The Balaban J connectivity index is 2.26. The van der Waals surface area contributed by atoms with Gasteiger partial charge in [0, 0.05) is 5.56 Å². The molecule has 0 aliphatic heterocycles. The van der Waals surface area contributed by atoms with Crippen LogP contribution in [0.2, 0.25) is 0 Å². The number of nitrogens with one attached hydrogen (secondary N) is 1. The van der Waals surface area contributed by atoms with Crippen LogP contribution in [0.5, 0.6) is 0 Å². The highest BCUT2D eigenvalue weighted by molar-refractivity contribution is 7.91. The van der Waals surface area contributed by atoms with Crippen molar-refractivity contribution in [3.8, 4) is 0 Å². The van der Waals surface area contributed by atoms with Crippen molar-refractivity contribution < 1.29 is 22.0 Å². The maximum absolute atomic E-state index is 13.0. The SMILES string of the molecule is Cc1nc(NC(=O)c2ccc(F)c(F)c2)sc1S(N)(=O)=O. The number of sulfonamides is 1. The summed E-state index contributed by atoms with van der Waals surface area (Å²) >= 11 is 0.673. The van der Waals surface area contributed by atoms with Crippen LogP contribution in [0.3, 0.4) is 0 Å². The molecule has 0 spiro atoms. The number of benzene rings is 1. The highest BCUT2D eigenvalue weighted by Gasteiger charge is 2.19. The van der Waals surface area contributed by atoms with E-state index in [1.165, 1.54) is 6.92 Å². The third-order valence-corrected chi connectivity index (χ3v) is 5.04. The minimum atomic E-state index is -3.93. The van der Waals surface area contributed by atoms with Gasteiger partial charge in [-0.25, -0.2) is 27.3 Å². The summed E-state index contributed by atoms with van der Waals surface area (Å²) in [6.45, 7) is 1.42. The van der Waals surface area contributed by atoms with E-state index in [1.807, 2.05) is 0 Å². The molecule has 0 radical (unpaired) electrons. The highest BCUT2D eigenvalue weighted by Crippen LogP contribution is 2.26. The molecule has 112 valence electrons. The van der Waals surface area contributed by atoms with E-state index in [0.29, 0.717) is 11.3 Å². The highest BCUT2D eigenvalue weighted by atomic mass is 32.2. The number of hydrogen-bond acceptors (Lipinski definition) is 5. The summed E-state index contributed by atoms with van der Waals surface area (Å²) < 4.78 is 48.1. The fourth-order valence-corrected chi connectivity index (χ4v) is 3.36. The third kappa shape index (κ3) is 3.40. The van der Waals surface area contributed by atoms with E-state index in [-0.39, 0.29) is 20.6 Å². The zero-order chi connectivity index (χ0) is 15.8. The number of nitrogens with zero attached hydrogens (tertiary/aromatic N) is 1. The Hall–Kier alpha value is -1.91. The van der Waals surface area contributed by atoms with E-state index >= 15 is 0 Å². The van der Waals surface area contributed by atoms with Crippen LogP contribution >= 0.6 is 11.3 Å². The van der Waals surface area contributed by atoms with Crippen LogP contribution in [0.25, 0.3) is 0 Å². The topological polar surface area (TPSA) is 102 Å². The first-order valence-corrected chi connectivity index (χ1v) is 7.81. The molecule has 0 saturated heterocycles. The van der Waals surface area contributed by atoms with E-state index in [2.05, 4.69) is 10.3 Å². The lowest BCUT2D eigenvalue weighted by Gasteiger charge is -2.02. The van der Waals surface area contributed by atoms with Crippen molar-refractivity contribution in [2.45, 2.75) is 11.1 Å². The van der Waals surface area contributed by atoms with E-state index < -0.39 is 27.6 Å². The molecule has 0 fully saturated rings. The summed E-state index contributed by atoms with van der Waals surface area (Å²) in [5, 5.41) is 7.28. The van der Waals surface area contributed by atoms with Crippen molar-refractivity contribution in [1.29, 1.82) is 0 Å². The zero-order valence-corrected chi connectivity index (χ0v) is 12.2. The molecule has 0 atom stereocenters. The monoisotopic (exact) mass is 333 g/mol. The second kappa shape index (κ2) is 5.47. The first kappa shape index (κ1) is 15.5. The number of hydrogen-bond donors (Lipinski definition) is 2. The average molecular weight is 333 g/mol. The standard InChI is InChI=1S/C11H9F2N3O3S2/c1-5-10(21(14,18)19)20-11(15-5)16-9(17)6-2-3-7(12)8(13)4-6/h2-4H,1H3,(H2,14,18,19)(H,15,16,17). The predicted molar refractivity (Wildman–Crippen MR) is 72.5 cm³/mol. The van der Waals surface area contributed by atoms with Gasteiger partial charge in [0.25, 0.3) is 5.91 Å². The summed E-state index contributed by atoms with van der Waals surface area (Å²) in [4.78, 5) is 15.7. The van der Waals surface area contributed by atoms with Gasteiger partial charge in [0.1, 0.15) is 0 Å². The lowest BCUT2D eigenvalue weighted by Crippen LogP contribution is -2.12. The summed E-state index contributed by atoms with van der Waals surface area (Å²) in [6, 6.07) is 2.63. The first-order valence-electron chi connectivity index (χ1n) is 5.45. The van der Waals surface area contributed by atoms with Crippen molar-refractivity contribution in [2.24, 2.45) is 5.14 Å². The number of amides is 1. The van der Waals surface area contributed by atoms with Crippen LogP contribution in [-0.4, -0.2) is 19.3 Å². The van der Waals surface area contributed by atoms with Gasteiger partial charge in [-0.1, -0.05) is 11.3 Å². The van der Waals surface area contributed by atoms with Crippen molar-refractivity contribution in [1.82, 2.24) is 4.98 Å². The Bertz CT molecular complexity index is 818. The molecular formula is C11H9F2N3O3S2. The predicted octanol–water partition coefficient (Wildman–Crippen LogP) is 1.63. The van der Waals surface area contributed by atoms with Crippen LogP contribution in [0.15, 0.2) is 22.4 Å². The number of anilines is 1. The molecule has 0 aliphatic rings. The summed E-state index contributed by atoms with van der Waals surface area (Å²) in [5.41, 5.74) is 0.0157. The van der Waals surface area contributed by atoms with Crippen molar-refractivity contribution in [2.75, 3.05) is 5.32 Å². The van der Waals surface area contributed by atoms with Gasteiger partial charge in [0.05, 0.1) is 5.69 Å². The molecule has 6 nitrogen and oxygen atoms in total. The number of carbonyl (C=O) groups excluding carboxylic acids is 1.